The summed E-state index contributed by atoms with van der Waals surface area (Å²) in [5, 5.41) is 0. The van der Waals surface area contributed by atoms with Gasteiger partial charge in [-0.2, -0.15) is 0 Å². The van der Waals surface area contributed by atoms with Crippen molar-refractivity contribution in [3.63, 3.8) is 0 Å². The van der Waals surface area contributed by atoms with Crippen LogP contribution in [0.25, 0.3) is 6.08 Å². The maximum absolute atomic E-state index is 5.20. The van der Waals surface area contributed by atoms with Crippen LogP contribution in [0.3, 0.4) is 0 Å². The Balaban J connectivity index is 1.85. The zero-order valence-corrected chi connectivity index (χ0v) is 10.2. The van der Waals surface area contributed by atoms with Crippen molar-refractivity contribution in [1.82, 2.24) is 9.88 Å². The molecule has 0 N–H and O–H groups in total. The molecule has 1 aromatic rings. The van der Waals surface area contributed by atoms with Gasteiger partial charge in [0.05, 0.1) is 13.3 Å². The highest BCUT2D eigenvalue weighted by atomic mass is 16.5. The van der Waals surface area contributed by atoms with Gasteiger partial charge in [0.15, 0.2) is 0 Å². The van der Waals surface area contributed by atoms with E-state index in [1.54, 1.807) is 13.3 Å². The van der Waals surface area contributed by atoms with E-state index >= 15 is 0 Å². The molecule has 4 heterocycles. The molecule has 3 saturated heterocycles. The maximum atomic E-state index is 5.20. The standard InChI is InChI=1S/C14H18N2O/c1-17-14-8-12(9-15-10-14)7-13-6-11-2-4-16(13)5-3-11/h7-11H,2-6H2,1H3/b13-7-. The smallest absolute Gasteiger partial charge is 0.137 e. The molecule has 3 aliphatic rings. The highest BCUT2D eigenvalue weighted by molar-refractivity contribution is 5.53. The molecule has 3 heteroatoms. The Morgan fingerprint density at radius 1 is 1.35 bits per heavy atom. The minimum absolute atomic E-state index is 0.829. The first-order chi connectivity index (χ1) is 8.35. The van der Waals surface area contributed by atoms with Crippen molar-refractivity contribution in [2.75, 3.05) is 20.2 Å². The second-order valence-electron chi connectivity index (χ2n) is 4.93. The zero-order chi connectivity index (χ0) is 11.7. The minimum atomic E-state index is 0.829. The van der Waals surface area contributed by atoms with E-state index in [1.807, 2.05) is 12.3 Å². The lowest BCUT2D eigenvalue weighted by Gasteiger charge is -2.42. The van der Waals surface area contributed by atoms with Crippen LogP contribution in [-0.4, -0.2) is 30.1 Å². The SMILES string of the molecule is COc1cncc(/C=C2/CC3CCN2CC3)c1. The van der Waals surface area contributed by atoms with Crippen molar-refractivity contribution < 1.29 is 4.74 Å². The summed E-state index contributed by atoms with van der Waals surface area (Å²) in [6.45, 7) is 2.46. The van der Waals surface area contributed by atoms with E-state index in [2.05, 4.69) is 16.0 Å². The van der Waals surface area contributed by atoms with Gasteiger partial charge in [-0.1, -0.05) is 0 Å². The number of nitrogens with zero attached hydrogens (tertiary/aromatic N) is 2. The van der Waals surface area contributed by atoms with Gasteiger partial charge in [0.25, 0.3) is 0 Å². The van der Waals surface area contributed by atoms with Gasteiger partial charge in [-0.3, -0.25) is 4.98 Å². The molecule has 3 fully saturated rings. The molecular weight excluding hydrogens is 212 g/mol. The van der Waals surface area contributed by atoms with E-state index in [4.69, 9.17) is 4.74 Å². The molecule has 90 valence electrons. The number of ether oxygens (including phenoxy) is 1. The molecule has 0 aliphatic carbocycles. The number of hydrogen-bond donors (Lipinski definition) is 0. The van der Waals surface area contributed by atoms with Crippen LogP contribution in [0, 0.1) is 5.92 Å². The Bertz CT molecular complexity index is 434. The van der Waals surface area contributed by atoms with E-state index in [1.165, 1.54) is 38.0 Å². The summed E-state index contributed by atoms with van der Waals surface area (Å²) in [7, 11) is 1.68. The largest absolute Gasteiger partial charge is 0.495 e. The third kappa shape index (κ3) is 2.14. The second-order valence-corrected chi connectivity index (χ2v) is 4.93. The molecule has 2 bridgehead atoms. The van der Waals surface area contributed by atoms with Crippen LogP contribution in [-0.2, 0) is 0 Å². The molecule has 3 nitrogen and oxygen atoms in total. The van der Waals surface area contributed by atoms with Crippen molar-refractivity contribution in [2.24, 2.45) is 5.92 Å². The summed E-state index contributed by atoms with van der Waals surface area (Å²) in [5.74, 6) is 1.74. The molecule has 0 atom stereocenters. The van der Waals surface area contributed by atoms with E-state index in [0.29, 0.717) is 0 Å². The molecule has 0 aromatic carbocycles. The number of piperidine rings is 3. The molecule has 0 radical (unpaired) electrons. The fourth-order valence-electron chi connectivity index (χ4n) is 2.82. The average molecular weight is 230 g/mol. The Kier molecular flexibility index (Phi) is 2.75. The molecule has 0 saturated carbocycles. The van der Waals surface area contributed by atoms with E-state index in [-0.39, 0.29) is 0 Å². The molecule has 4 rings (SSSR count). The van der Waals surface area contributed by atoms with Crippen LogP contribution >= 0.6 is 0 Å². The van der Waals surface area contributed by atoms with Crippen molar-refractivity contribution in [3.8, 4) is 5.75 Å². The summed E-state index contributed by atoms with van der Waals surface area (Å²) in [5.41, 5.74) is 2.62. The quantitative estimate of drug-likeness (QED) is 0.780. The number of rotatable bonds is 2. The van der Waals surface area contributed by atoms with Gasteiger partial charge in [0, 0.05) is 25.0 Å². The third-order valence-electron chi connectivity index (χ3n) is 3.82. The monoisotopic (exact) mass is 230 g/mol. The summed E-state index contributed by atoms with van der Waals surface area (Å²) in [6, 6.07) is 2.05. The Morgan fingerprint density at radius 3 is 2.82 bits per heavy atom. The van der Waals surface area contributed by atoms with Crippen molar-refractivity contribution in [2.45, 2.75) is 19.3 Å². The average Bonchev–Trinajstić information content (AvgIpc) is 2.40. The van der Waals surface area contributed by atoms with Gasteiger partial charge in [-0.15, -0.1) is 0 Å². The molecular formula is C14H18N2O. The normalized spacial score (nSPS) is 22.2. The molecule has 1 aromatic heterocycles. The number of aromatic nitrogens is 1. The first-order valence-electron chi connectivity index (χ1n) is 6.30. The second kappa shape index (κ2) is 4.40. The van der Waals surface area contributed by atoms with E-state index in [9.17, 15) is 0 Å². The lowest BCUT2D eigenvalue weighted by atomic mass is 9.85. The topological polar surface area (TPSA) is 25.4 Å². The highest BCUT2D eigenvalue weighted by Gasteiger charge is 2.28. The zero-order valence-electron chi connectivity index (χ0n) is 10.2. The van der Waals surface area contributed by atoms with Gasteiger partial charge in [-0.05, 0) is 42.9 Å². The first-order valence-corrected chi connectivity index (χ1v) is 6.30. The van der Waals surface area contributed by atoms with Crippen LogP contribution in [0.5, 0.6) is 5.75 Å². The Morgan fingerprint density at radius 2 is 2.18 bits per heavy atom. The van der Waals surface area contributed by atoms with Crippen LogP contribution < -0.4 is 4.74 Å². The number of allylic oxidation sites excluding steroid dienone is 1. The van der Waals surface area contributed by atoms with Crippen LogP contribution in [0.15, 0.2) is 24.2 Å². The Labute approximate surface area is 102 Å². The number of fused-ring (bicyclic) bond motifs is 3. The molecule has 3 aliphatic heterocycles. The molecule has 17 heavy (non-hydrogen) atoms. The fourth-order valence-corrected chi connectivity index (χ4v) is 2.82. The molecule has 0 amide bonds. The summed E-state index contributed by atoms with van der Waals surface area (Å²) >= 11 is 0. The number of pyridine rings is 1. The molecule has 0 unspecified atom stereocenters. The molecule has 0 spiro atoms. The fraction of sp³-hybridized carbons (Fsp3) is 0.500. The number of hydrogen-bond acceptors (Lipinski definition) is 3. The van der Waals surface area contributed by atoms with Crippen molar-refractivity contribution in [3.05, 3.63) is 29.7 Å². The van der Waals surface area contributed by atoms with Crippen LogP contribution in [0.1, 0.15) is 24.8 Å². The number of methoxy groups -OCH3 is 1. The van der Waals surface area contributed by atoms with Gasteiger partial charge in [0.1, 0.15) is 5.75 Å². The summed E-state index contributed by atoms with van der Waals surface area (Å²) < 4.78 is 5.20. The lowest BCUT2D eigenvalue weighted by Crippen LogP contribution is -2.39. The summed E-state index contributed by atoms with van der Waals surface area (Å²) in [6.07, 6.45) is 9.88. The van der Waals surface area contributed by atoms with Gasteiger partial charge in [0.2, 0.25) is 0 Å². The van der Waals surface area contributed by atoms with Crippen LogP contribution in [0.4, 0.5) is 0 Å². The van der Waals surface area contributed by atoms with Crippen LogP contribution in [0.2, 0.25) is 0 Å². The predicted molar refractivity (Wildman–Crippen MR) is 67.7 cm³/mol. The highest BCUT2D eigenvalue weighted by Crippen LogP contribution is 2.35. The minimum Gasteiger partial charge on any atom is -0.495 e. The van der Waals surface area contributed by atoms with Crippen molar-refractivity contribution in [1.29, 1.82) is 0 Å². The first kappa shape index (κ1) is 10.6. The lowest BCUT2D eigenvalue weighted by molar-refractivity contribution is 0.163. The van der Waals surface area contributed by atoms with E-state index < -0.39 is 0 Å². The maximum Gasteiger partial charge on any atom is 0.137 e. The Hall–Kier alpha value is -1.51. The third-order valence-corrected chi connectivity index (χ3v) is 3.82. The summed E-state index contributed by atoms with van der Waals surface area (Å²) in [4.78, 5) is 6.71. The van der Waals surface area contributed by atoms with Crippen molar-refractivity contribution >= 4 is 6.08 Å². The van der Waals surface area contributed by atoms with E-state index in [0.717, 1.165) is 17.2 Å². The van der Waals surface area contributed by atoms with Gasteiger partial charge < -0.3 is 9.64 Å². The van der Waals surface area contributed by atoms with Gasteiger partial charge >= 0.3 is 0 Å². The predicted octanol–water partition coefficient (Wildman–Crippen LogP) is 2.55. The van der Waals surface area contributed by atoms with Gasteiger partial charge in [-0.25, -0.2) is 0 Å².